The van der Waals surface area contributed by atoms with Crippen LogP contribution in [0.25, 0.3) is 11.0 Å². The van der Waals surface area contributed by atoms with Crippen LogP contribution in [-0.4, -0.2) is 75.9 Å². The van der Waals surface area contributed by atoms with Gasteiger partial charge in [-0.1, -0.05) is 36.0 Å². The summed E-state index contributed by atoms with van der Waals surface area (Å²) in [6.07, 6.45) is 3.40. The molecule has 3 amide bonds. The quantitative estimate of drug-likeness (QED) is 0.588. The van der Waals surface area contributed by atoms with Gasteiger partial charge in [-0.15, -0.1) is 0 Å². The smallest absolute Gasteiger partial charge is 0.320 e. The van der Waals surface area contributed by atoms with Crippen LogP contribution >= 0.6 is 11.8 Å². The van der Waals surface area contributed by atoms with Gasteiger partial charge in [0, 0.05) is 50.6 Å². The van der Waals surface area contributed by atoms with Crippen molar-refractivity contribution in [2.45, 2.75) is 30.2 Å². The Morgan fingerprint density at radius 1 is 0.818 bits per heavy atom. The van der Waals surface area contributed by atoms with E-state index in [1.165, 1.54) is 6.42 Å². The zero-order valence-corrected chi connectivity index (χ0v) is 19.5. The molecule has 172 valence electrons. The predicted molar refractivity (Wildman–Crippen MR) is 130 cm³/mol. The minimum Gasteiger partial charge on any atom is -0.335 e. The maximum atomic E-state index is 13.0. The molecule has 7 nitrogen and oxygen atoms in total. The molecular weight excluding hydrogens is 434 g/mol. The number of piperazine rings is 1. The number of aromatic amines is 1. The number of rotatable bonds is 4. The minimum atomic E-state index is 0.0385. The van der Waals surface area contributed by atoms with Crippen molar-refractivity contribution in [3.63, 3.8) is 0 Å². The first-order chi connectivity index (χ1) is 16.2. The number of hydrogen-bond donors (Lipinski definition) is 1. The molecule has 1 aromatic heterocycles. The number of H-pyrrole nitrogens is 1. The van der Waals surface area contributed by atoms with E-state index < -0.39 is 0 Å². The Balaban J connectivity index is 1.12. The largest absolute Gasteiger partial charge is 0.335 e. The van der Waals surface area contributed by atoms with Crippen LogP contribution in [0.2, 0.25) is 0 Å². The van der Waals surface area contributed by atoms with Gasteiger partial charge < -0.3 is 19.7 Å². The second kappa shape index (κ2) is 9.87. The minimum absolute atomic E-state index is 0.0385. The Labute approximate surface area is 198 Å². The number of fused-ring (bicyclic) bond motifs is 1. The number of amides is 3. The molecule has 3 aromatic rings. The molecule has 2 aliphatic heterocycles. The van der Waals surface area contributed by atoms with Crippen LogP contribution in [-0.2, 0) is 5.75 Å². The van der Waals surface area contributed by atoms with Gasteiger partial charge >= 0.3 is 6.03 Å². The molecule has 0 unspecified atom stereocenters. The number of urea groups is 1. The zero-order chi connectivity index (χ0) is 22.6. The van der Waals surface area contributed by atoms with Crippen LogP contribution in [0.4, 0.5) is 4.79 Å². The number of hydrogen-bond acceptors (Lipinski definition) is 4. The number of aromatic nitrogens is 2. The lowest BCUT2D eigenvalue weighted by atomic mass is 10.1. The predicted octanol–water partition coefficient (Wildman–Crippen LogP) is 4.22. The fourth-order valence-electron chi connectivity index (χ4n) is 4.46. The second-order valence-corrected chi connectivity index (χ2v) is 9.62. The molecule has 2 fully saturated rings. The first-order valence-electron chi connectivity index (χ1n) is 11.7. The summed E-state index contributed by atoms with van der Waals surface area (Å²) in [6.45, 7) is 4.10. The number of piperidine rings is 1. The normalized spacial score (nSPS) is 16.9. The van der Waals surface area contributed by atoms with Crippen molar-refractivity contribution < 1.29 is 9.59 Å². The SMILES string of the molecule is O=C(c1ccc(CSc2nc3ccccc3[nH]2)cc1)N1CCN(C(=O)N2CCCCC2)CC1. The fraction of sp³-hybridized carbons (Fsp3) is 0.400. The third kappa shape index (κ3) is 5.00. The van der Waals surface area contributed by atoms with Crippen LogP contribution in [0.5, 0.6) is 0 Å². The van der Waals surface area contributed by atoms with E-state index in [0.29, 0.717) is 31.7 Å². The van der Waals surface area contributed by atoms with Gasteiger partial charge in [0.1, 0.15) is 0 Å². The fourth-order valence-corrected chi connectivity index (χ4v) is 5.30. The first-order valence-corrected chi connectivity index (χ1v) is 12.7. The van der Waals surface area contributed by atoms with E-state index in [0.717, 1.165) is 53.4 Å². The molecular formula is C25H29N5O2S. The summed E-state index contributed by atoms with van der Waals surface area (Å²) in [5.74, 6) is 0.822. The summed E-state index contributed by atoms with van der Waals surface area (Å²) in [5.41, 5.74) is 3.86. The Morgan fingerprint density at radius 3 is 2.21 bits per heavy atom. The average Bonchev–Trinajstić information content (AvgIpc) is 3.31. The van der Waals surface area contributed by atoms with Gasteiger partial charge in [0.25, 0.3) is 5.91 Å². The third-order valence-electron chi connectivity index (χ3n) is 6.41. The second-order valence-electron chi connectivity index (χ2n) is 8.65. The molecule has 0 atom stereocenters. The highest BCUT2D eigenvalue weighted by molar-refractivity contribution is 7.98. The number of nitrogens with one attached hydrogen (secondary N) is 1. The number of carbonyl (C=O) groups excluding carboxylic acids is 2. The topological polar surface area (TPSA) is 72.5 Å². The van der Waals surface area contributed by atoms with Gasteiger partial charge in [0.15, 0.2) is 5.16 Å². The molecule has 0 spiro atoms. The van der Waals surface area contributed by atoms with Crippen LogP contribution in [0.15, 0.2) is 53.7 Å². The molecule has 2 aliphatic rings. The molecule has 0 aliphatic carbocycles. The van der Waals surface area contributed by atoms with E-state index in [2.05, 4.69) is 9.97 Å². The van der Waals surface area contributed by atoms with Crippen molar-refractivity contribution in [3.05, 3.63) is 59.7 Å². The zero-order valence-electron chi connectivity index (χ0n) is 18.7. The number of benzene rings is 2. The standard InChI is InChI=1S/C25H29N5O2S/c31-23(28-14-16-30(17-15-28)25(32)29-12-4-1-5-13-29)20-10-8-19(9-11-20)18-33-24-26-21-6-2-3-7-22(21)27-24/h2-3,6-11H,1,4-5,12-18H2,(H,26,27). The molecule has 8 heteroatoms. The van der Waals surface area contributed by atoms with Crippen molar-refractivity contribution in [3.8, 4) is 0 Å². The number of carbonyl (C=O) groups is 2. The molecule has 0 saturated carbocycles. The van der Waals surface area contributed by atoms with E-state index in [1.54, 1.807) is 11.8 Å². The van der Waals surface area contributed by atoms with Crippen LogP contribution in [0.3, 0.4) is 0 Å². The summed E-state index contributed by atoms with van der Waals surface area (Å²) in [4.78, 5) is 39.3. The van der Waals surface area contributed by atoms with E-state index in [4.69, 9.17) is 0 Å². The highest BCUT2D eigenvalue weighted by Gasteiger charge is 2.28. The Hall–Kier alpha value is -3.00. The Bertz CT molecular complexity index is 1080. The van der Waals surface area contributed by atoms with Gasteiger partial charge in [0.2, 0.25) is 0 Å². The number of nitrogens with zero attached hydrogens (tertiary/aromatic N) is 4. The van der Waals surface area contributed by atoms with Crippen molar-refractivity contribution >= 4 is 34.7 Å². The number of para-hydroxylation sites is 2. The summed E-state index contributed by atoms with van der Waals surface area (Å²) in [5, 5.41) is 0.897. The highest BCUT2D eigenvalue weighted by atomic mass is 32.2. The number of likely N-dealkylation sites (tertiary alicyclic amines) is 1. The van der Waals surface area contributed by atoms with Crippen LogP contribution < -0.4 is 0 Å². The lowest BCUT2D eigenvalue weighted by molar-refractivity contribution is 0.0633. The summed E-state index contributed by atoms with van der Waals surface area (Å²) in [6, 6.07) is 16.0. The van der Waals surface area contributed by atoms with Crippen molar-refractivity contribution in [2.24, 2.45) is 0 Å². The van der Waals surface area contributed by atoms with Gasteiger partial charge in [-0.2, -0.15) is 0 Å². The maximum absolute atomic E-state index is 13.0. The summed E-state index contributed by atoms with van der Waals surface area (Å²) in [7, 11) is 0. The molecule has 2 aromatic carbocycles. The lowest BCUT2D eigenvalue weighted by Crippen LogP contribution is -2.54. The van der Waals surface area contributed by atoms with E-state index in [1.807, 2.05) is 63.2 Å². The highest BCUT2D eigenvalue weighted by Crippen LogP contribution is 2.23. The molecule has 5 rings (SSSR count). The van der Waals surface area contributed by atoms with Gasteiger partial charge in [0.05, 0.1) is 11.0 Å². The summed E-state index contributed by atoms with van der Waals surface area (Å²) >= 11 is 1.65. The Morgan fingerprint density at radius 2 is 1.48 bits per heavy atom. The van der Waals surface area contributed by atoms with Gasteiger partial charge in [-0.3, -0.25) is 4.79 Å². The van der Waals surface area contributed by atoms with Gasteiger partial charge in [-0.05, 0) is 49.1 Å². The van der Waals surface area contributed by atoms with Crippen molar-refractivity contribution in [1.82, 2.24) is 24.7 Å². The summed E-state index contributed by atoms with van der Waals surface area (Å²) < 4.78 is 0. The van der Waals surface area contributed by atoms with Gasteiger partial charge in [-0.25, -0.2) is 9.78 Å². The van der Waals surface area contributed by atoms with E-state index in [9.17, 15) is 9.59 Å². The average molecular weight is 464 g/mol. The van der Waals surface area contributed by atoms with E-state index in [-0.39, 0.29) is 11.9 Å². The van der Waals surface area contributed by atoms with Crippen LogP contribution in [0, 0.1) is 0 Å². The van der Waals surface area contributed by atoms with E-state index >= 15 is 0 Å². The monoisotopic (exact) mass is 463 g/mol. The first kappa shape index (κ1) is 21.8. The molecule has 3 heterocycles. The molecule has 33 heavy (non-hydrogen) atoms. The number of imidazole rings is 1. The van der Waals surface area contributed by atoms with Crippen molar-refractivity contribution in [1.29, 1.82) is 0 Å². The third-order valence-corrected chi connectivity index (χ3v) is 7.35. The van der Waals surface area contributed by atoms with Crippen LogP contribution in [0.1, 0.15) is 35.2 Å². The maximum Gasteiger partial charge on any atom is 0.320 e. The molecule has 1 N–H and O–H groups in total. The molecule has 0 bridgehead atoms. The lowest BCUT2D eigenvalue weighted by Gasteiger charge is -2.38. The molecule has 2 saturated heterocycles. The number of thioether (sulfide) groups is 1. The van der Waals surface area contributed by atoms with Crippen molar-refractivity contribution in [2.75, 3.05) is 39.3 Å². The Kier molecular flexibility index (Phi) is 6.53. The molecule has 0 radical (unpaired) electrons.